The normalized spacial score (nSPS) is 37.1. The maximum absolute atomic E-state index is 2.75. The van der Waals surface area contributed by atoms with Crippen LogP contribution in [0.1, 0.15) is 26.7 Å². The number of fused-ring (bicyclic) bond motifs is 2. The summed E-state index contributed by atoms with van der Waals surface area (Å²) in [6, 6.07) is 23.4. The maximum atomic E-state index is 2.75. The van der Waals surface area contributed by atoms with Crippen molar-refractivity contribution in [1.29, 1.82) is 0 Å². The van der Waals surface area contributed by atoms with E-state index in [9.17, 15) is 0 Å². The zero-order valence-corrected chi connectivity index (χ0v) is 21.5. The first-order chi connectivity index (χ1) is 16.0. The minimum absolute atomic E-state index is 0.645. The molecule has 3 heteroatoms. The Morgan fingerprint density at radius 2 is 1.03 bits per heavy atom. The summed E-state index contributed by atoms with van der Waals surface area (Å²) in [5.74, 6) is 3.03. The van der Waals surface area contributed by atoms with Gasteiger partial charge in [-0.2, -0.15) is 0 Å². The van der Waals surface area contributed by atoms with Crippen LogP contribution in [0.4, 0.5) is 11.4 Å². The van der Waals surface area contributed by atoms with E-state index in [1.165, 1.54) is 24.2 Å². The smallest absolute Gasteiger partial charge is 0.0554 e. The monoisotopic (exact) mass is 454 g/mol. The first kappa shape index (κ1) is 21.3. The lowest BCUT2D eigenvalue weighted by Gasteiger charge is -2.44. The molecule has 33 heavy (non-hydrogen) atoms. The lowest BCUT2D eigenvalue weighted by Crippen LogP contribution is -2.46. The molecular weight excluding hydrogens is 416 g/mol. The Morgan fingerprint density at radius 3 is 1.42 bits per heavy atom. The van der Waals surface area contributed by atoms with Crippen LogP contribution in [0.3, 0.4) is 0 Å². The van der Waals surface area contributed by atoms with Crippen molar-refractivity contribution in [3.8, 4) is 0 Å². The molecule has 2 fully saturated rings. The number of para-hydroxylation sites is 2. The van der Waals surface area contributed by atoms with Crippen LogP contribution in [0.15, 0.2) is 85.2 Å². The second-order valence-corrected chi connectivity index (χ2v) is 16.7. The fraction of sp³-hybridized carbons (Fsp3) is 0.467. The van der Waals surface area contributed by atoms with E-state index in [1.54, 1.807) is 0 Å². The van der Waals surface area contributed by atoms with Gasteiger partial charge in [0.2, 0.25) is 0 Å². The van der Waals surface area contributed by atoms with E-state index in [2.05, 4.69) is 122 Å². The number of hydrogen-bond acceptors (Lipinski definition) is 2. The predicted octanol–water partition coefficient (Wildman–Crippen LogP) is 7.55. The van der Waals surface area contributed by atoms with Gasteiger partial charge in [0.15, 0.2) is 0 Å². The van der Waals surface area contributed by atoms with Crippen LogP contribution in [0.5, 0.6) is 0 Å². The summed E-state index contributed by atoms with van der Waals surface area (Å²) in [6.45, 7) is 10.6. The van der Waals surface area contributed by atoms with Gasteiger partial charge in [0.05, 0.1) is 8.07 Å². The lowest BCUT2D eigenvalue weighted by molar-refractivity contribution is 0.505. The van der Waals surface area contributed by atoms with E-state index in [-0.39, 0.29) is 0 Å². The van der Waals surface area contributed by atoms with Gasteiger partial charge >= 0.3 is 0 Å². The third-order valence-corrected chi connectivity index (χ3v) is 15.0. The van der Waals surface area contributed by atoms with Crippen molar-refractivity contribution in [1.82, 2.24) is 0 Å². The number of anilines is 2. The molecule has 0 amide bonds. The Morgan fingerprint density at radius 1 is 0.636 bits per heavy atom. The van der Waals surface area contributed by atoms with Crippen LogP contribution in [-0.4, -0.2) is 20.2 Å². The average molecular weight is 455 g/mol. The molecule has 2 saturated carbocycles. The molecule has 2 aliphatic carbocycles. The summed E-state index contributed by atoms with van der Waals surface area (Å²) >= 11 is 0. The van der Waals surface area contributed by atoms with Crippen molar-refractivity contribution in [3.63, 3.8) is 0 Å². The standard InChI is InChI=1S/C30H38N2Si/c1-21-19-27-25(15-17-31(27)23-11-7-5-8-12-23)29(21)33(3,4)30-22(2)20-28-26(30)16-18-32(28)24-13-9-6-10-14-24/h5-18,21-22,25-30H,19-20H2,1-4H3. The summed E-state index contributed by atoms with van der Waals surface area (Å²) in [4.78, 5) is 5.16. The van der Waals surface area contributed by atoms with E-state index >= 15 is 0 Å². The molecule has 6 rings (SSSR count). The molecule has 8 unspecified atom stereocenters. The molecule has 2 nitrogen and oxygen atoms in total. The van der Waals surface area contributed by atoms with Gasteiger partial charge in [0.25, 0.3) is 0 Å². The summed E-state index contributed by atoms with van der Waals surface area (Å²) in [6.07, 6.45) is 12.6. The Bertz CT molecular complexity index is 962. The highest BCUT2D eigenvalue weighted by atomic mass is 28.3. The van der Waals surface area contributed by atoms with Gasteiger partial charge in [0.1, 0.15) is 0 Å². The highest BCUT2D eigenvalue weighted by molar-refractivity contribution is 6.80. The molecule has 2 aromatic rings. The van der Waals surface area contributed by atoms with Crippen molar-refractivity contribution in [2.24, 2.45) is 23.7 Å². The van der Waals surface area contributed by atoms with E-state index in [0.29, 0.717) is 23.9 Å². The van der Waals surface area contributed by atoms with Crippen molar-refractivity contribution >= 4 is 19.4 Å². The van der Waals surface area contributed by atoms with Gasteiger partial charge in [-0.15, -0.1) is 0 Å². The first-order valence-electron chi connectivity index (χ1n) is 13.0. The first-order valence-corrected chi connectivity index (χ1v) is 16.2. The topological polar surface area (TPSA) is 6.48 Å². The summed E-state index contributed by atoms with van der Waals surface area (Å²) in [7, 11) is -1.55. The zero-order chi connectivity index (χ0) is 22.7. The molecular formula is C30H38N2Si. The number of rotatable bonds is 4. The zero-order valence-electron chi connectivity index (χ0n) is 20.5. The predicted molar refractivity (Wildman–Crippen MR) is 143 cm³/mol. The number of nitrogens with zero attached hydrogens (tertiary/aromatic N) is 2. The van der Waals surface area contributed by atoms with Crippen LogP contribution in [0.25, 0.3) is 0 Å². The summed E-state index contributed by atoms with van der Waals surface area (Å²) in [5.41, 5.74) is 4.44. The fourth-order valence-electron chi connectivity index (χ4n) is 8.74. The van der Waals surface area contributed by atoms with Crippen molar-refractivity contribution in [2.75, 3.05) is 9.80 Å². The van der Waals surface area contributed by atoms with Crippen LogP contribution >= 0.6 is 0 Å². The second kappa shape index (κ2) is 7.90. The van der Waals surface area contributed by atoms with Crippen LogP contribution in [0.2, 0.25) is 24.2 Å². The fourth-order valence-corrected chi connectivity index (χ4v) is 15.0. The van der Waals surface area contributed by atoms with Gasteiger partial charge in [0, 0.05) is 47.7 Å². The van der Waals surface area contributed by atoms with Crippen LogP contribution in [0, 0.1) is 23.7 Å². The lowest BCUT2D eigenvalue weighted by atomic mass is 10.0. The molecule has 0 saturated heterocycles. The molecule has 0 N–H and O–H groups in total. The molecule has 0 radical (unpaired) electrons. The molecule has 2 heterocycles. The molecule has 2 aliphatic heterocycles. The van der Waals surface area contributed by atoms with E-state index in [4.69, 9.17) is 0 Å². The molecule has 8 atom stereocenters. The van der Waals surface area contributed by atoms with Crippen molar-refractivity contribution in [3.05, 3.63) is 85.2 Å². The Kier molecular flexibility index (Phi) is 5.10. The van der Waals surface area contributed by atoms with E-state index < -0.39 is 8.07 Å². The van der Waals surface area contributed by atoms with Gasteiger partial charge in [-0.05, 0) is 60.0 Å². The Labute approximate surface area is 201 Å². The number of hydrogen-bond donors (Lipinski definition) is 0. The van der Waals surface area contributed by atoms with Crippen LogP contribution < -0.4 is 9.80 Å². The van der Waals surface area contributed by atoms with E-state index in [1.807, 2.05) is 0 Å². The molecule has 0 bridgehead atoms. The highest BCUT2D eigenvalue weighted by Crippen LogP contribution is 2.62. The number of benzene rings is 2. The largest absolute Gasteiger partial charge is 0.345 e. The molecule has 2 aromatic carbocycles. The van der Waals surface area contributed by atoms with E-state index in [0.717, 1.165) is 22.9 Å². The minimum Gasteiger partial charge on any atom is -0.345 e. The molecule has 0 spiro atoms. The summed E-state index contributed by atoms with van der Waals surface area (Å²) < 4.78 is 0. The van der Waals surface area contributed by atoms with Gasteiger partial charge < -0.3 is 9.80 Å². The van der Waals surface area contributed by atoms with Gasteiger partial charge in [-0.1, -0.05) is 75.5 Å². The maximum Gasteiger partial charge on any atom is 0.0554 e. The van der Waals surface area contributed by atoms with Gasteiger partial charge in [-0.3, -0.25) is 0 Å². The minimum atomic E-state index is -1.55. The third kappa shape index (κ3) is 3.26. The molecule has 4 aliphatic rings. The van der Waals surface area contributed by atoms with Gasteiger partial charge in [-0.25, -0.2) is 0 Å². The Hall–Kier alpha value is -2.26. The van der Waals surface area contributed by atoms with Crippen molar-refractivity contribution in [2.45, 2.75) is 62.9 Å². The summed E-state index contributed by atoms with van der Waals surface area (Å²) in [5, 5.41) is 0. The average Bonchev–Trinajstić information content (AvgIpc) is 3.54. The second-order valence-electron chi connectivity index (χ2n) is 11.8. The van der Waals surface area contributed by atoms with Crippen molar-refractivity contribution < 1.29 is 0 Å². The SMILES string of the molecule is CC1CC2C(C=CN2c2ccccc2)C1[Si](C)(C)C1C(C)CC2C1C=CN2c1ccccc1. The van der Waals surface area contributed by atoms with Crippen LogP contribution in [-0.2, 0) is 0 Å². The Balaban J connectivity index is 1.27. The third-order valence-electron chi connectivity index (χ3n) is 9.65. The quantitative estimate of drug-likeness (QED) is 0.440. The molecule has 0 aromatic heterocycles. The highest BCUT2D eigenvalue weighted by Gasteiger charge is 2.59. The molecule has 172 valence electrons.